The summed E-state index contributed by atoms with van der Waals surface area (Å²) in [5.74, 6) is 0.631. The molecule has 1 aromatic rings. The van der Waals surface area contributed by atoms with Crippen molar-refractivity contribution < 1.29 is 4.79 Å². The quantitative estimate of drug-likeness (QED) is 0.819. The van der Waals surface area contributed by atoms with Crippen LogP contribution in [0.1, 0.15) is 46.0 Å². The first-order chi connectivity index (χ1) is 10.6. The molecule has 0 aromatic carbocycles. The Morgan fingerprint density at radius 3 is 3.09 bits per heavy atom. The van der Waals surface area contributed by atoms with Crippen molar-refractivity contribution in [3.8, 4) is 6.07 Å². The van der Waals surface area contributed by atoms with Gasteiger partial charge in [0, 0.05) is 31.3 Å². The van der Waals surface area contributed by atoms with E-state index >= 15 is 0 Å². The minimum atomic E-state index is -0.0579. The Kier molecular flexibility index (Phi) is 5.96. The highest BCUT2D eigenvalue weighted by molar-refractivity contribution is 5.94. The molecular formula is C16H25N5O. The molecule has 0 bridgehead atoms. The van der Waals surface area contributed by atoms with Gasteiger partial charge in [0.25, 0.3) is 0 Å². The average molecular weight is 303 g/mol. The minimum Gasteiger partial charge on any atom is -0.308 e. The van der Waals surface area contributed by atoms with Crippen molar-refractivity contribution >= 4 is 11.7 Å². The Morgan fingerprint density at radius 2 is 2.36 bits per heavy atom. The zero-order valence-corrected chi connectivity index (χ0v) is 13.5. The highest BCUT2D eigenvalue weighted by atomic mass is 16.2. The van der Waals surface area contributed by atoms with Gasteiger partial charge in [-0.25, -0.2) is 0 Å². The highest BCUT2D eigenvalue weighted by Gasteiger charge is 2.30. The number of amides is 1. The van der Waals surface area contributed by atoms with Gasteiger partial charge in [-0.3, -0.25) is 14.4 Å². The second kappa shape index (κ2) is 7.95. The van der Waals surface area contributed by atoms with Crippen LogP contribution in [0.4, 0.5) is 5.82 Å². The van der Waals surface area contributed by atoms with Crippen molar-refractivity contribution in [2.24, 2.45) is 0 Å². The topological polar surface area (TPSA) is 74.0 Å². The van der Waals surface area contributed by atoms with E-state index in [0.29, 0.717) is 24.8 Å². The number of rotatable bonds is 6. The molecule has 0 saturated carbocycles. The molecule has 2 heterocycles. The fraction of sp³-hybridized carbons (Fsp3) is 0.688. The van der Waals surface area contributed by atoms with Crippen molar-refractivity contribution in [1.29, 1.82) is 5.26 Å². The molecule has 2 rings (SSSR count). The number of aromatic nitrogens is 2. The summed E-state index contributed by atoms with van der Waals surface area (Å²) in [4.78, 5) is 14.8. The lowest BCUT2D eigenvalue weighted by Crippen LogP contribution is -2.50. The van der Waals surface area contributed by atoms with E-state index in [4.69, 9.17) is 5.26 Å². The second-order valence-electron chi connectivity index (χ2n) is 6.06. The minimum absolute atomic E-state index is 0.0377. The number of hydrogen-bond acceptors (Lipinski definition) is 4. The molecule has 1 fully saturated rings. The van der Waals surface area contributed by atoms with E-state index in [1.54, 1.807) is 4.68 Å². The zero-order valence-electron chi connectivity index (χ0n) is 13.5. The predicted octanol–water partition coefficient (Wildman–Crippen LogP) is 2.39. The Balaban J connectivity index is 1.92. The van der Waals surface area contributed by atoms with Crippen molar-refractivity contribution in [1.82, 2.24) is 14.7 Å². The number of likely N-dealkylation sites (tertiary alicyclic amines) is 1. The Labute approximate surface area is 132 Å². The van der Waals surface area contributed by atoms with Gasteiger partial charge in [0.1, 0.15) is 0 Å². The van der Waals surface area contributed by atoms with Crippen LogP contribution >= 0.6 is 0 Å². The maximum atomic E-state index is 12.5. The third kappa shape index (κ3) is 4.31. The van der Waals surface area contributed by atoms with E-state index in [1.807, 2.05) is 12.3 Å². The number of anilines is 1. The monoisotopic (exact) mass is 303 g/mol. The molecule has 1 amide bonds. The number of hydrogen-bond donors (Lipinski definition) is 1. The lowest BCUT2D eigenvalue weighted by molar-refractivity contribution is -0.123. The summed E-state index contributed by atoms with van der Waals surface area (Å²) in [7, 11) is 0. The Bertz CT molecular complexity index is 531. The van der Waals surface area contributed by atoms with Gasteiger partial charge >= 0.3 is 0 Å². The van der Waals surface area contributed by atoms with Crippen LogP contribution in [0, 0.1) is 11.3 Å². The first-order valence-electron chi connectivity index (χ1n) is 8.09. The van der Waals surface area contributed by atoms with E-state index < -0.39 is 0 Å². The third-order valence-corrected chi connectivity index (χ3v) is 4.08. The molecule has 120 valence electrons. The van der Waals surface area contributed by atoms with Gasteiger partial charge in [0.05, 0.1) is 12.1 Å². The first kappa shape index (κ1) is 16.5. The van der Waals surface area contributed by atoms with Gasteiger partial charge in [-0.2, -0.15) is 10.4 Å². The van der Waals surface area contributed by atoms with Crippen molar-refractivity contribution in [2.45, 2.75) is 64.6 Å². The fourth-order valence-electron chi connectivity index (χ4n) is 2.94. The van der Waals surface area contributed by atoms with Crippen LogP contribution < -0.4 is 5.32 Å². The number of aryl methyl sites for hydroxylation is 1. The highest BCUT2D eigenvalue weighted by Crippen LogP contribution is 2.20. The molecule has 0 aliphatic carbocycles. The summed E-state index contributed by atoms with van der Waals surface area (Å²) in [6.07, 6.45) is 6.31. The summed E-state index contributed by atoms with van der Waals surface area (Å²) in [5, 5.41) is 15.8. The van der Waals surface area contributed by atoms with Crippen LogP contribution in [0.3, 0.4) is 0 Å². The van der Waals surface area contributed by atoms with Gasteiger partial charge in [-0.15, -0.1) is 0 Å². The molecule has 1 aromatic heterocycles. The number of piperidine rings is 1. The van der Waals surface area contributed by atoms with Crippen LogP contribution in [-0.4, -0.2) is 39.2 Å². The molecule has 6 nitrogen and oxygen atoms in total. The maximum Gasteiger partial charge on any atom is 0.242 e. The fourth-order valence-corrected chi connectivity index (χ4v) is 2.94. The second-order valence-corrected chi connectivity index (χ2v) is 6.06. The SMILES string of the molecule is CC(C)N1CCCCC1C(=O)Nc1ccn(CCCC#N)n1. The number of carbonyl (C=O) groups is 1. The van der Waals surface area contributed by atoms with Crippen LogP contribution in [0.25, 0.3) is 0 Å². The number of unbranched alkanes of at least 4 members (excludes halogenated alkanes) is 1. The van der Waals surface area contributed by atoms with Gasteiger partial charge in [-0.1, -0.05) is 6.42 Å². The molecule has 1 atom stereocenters. The maximum absolute atomic E-state index is 12.5. The molecule has 0 spiro atoms. The van der Waals surface area contributed by atoms with Crippen LogP contribution in [0.2, 0.25) is 0 Å². The number of nitrogens with one attached hydrogen (secondary N) is 1. The summed E-state index contributed by atoms with van der Waals surface area (Å²) in [6, 6.07) is 4.25. The lowest BCUT2D eigenvalue weighted by Gasteiger charge is -2.37. The van der Waals surface area contributed by atoms with Gasteiger partial charge in [0.15, 0.2) is 5.82 Å². The van der Waals surface area contributed by atoms with Crippen molar-refractivity contribution in [2.75, 3.05) is 11.9 Å². The van der Waals surface area contributed by atoms with Crippen molar-refractivity contribution in [3.63, 3.8) is 0 Å². The summed E-state index contributed by atoms with van der Waals surface area (Å²) >= 11 is 0. The lowest BCUT2D eigenvalue weighted by atomic mass is 10.00. The molecule has 6 heteroatoms. The van der Waals surface area contributed by atoms with E-state index in [0.717, 1.165) is 32.2 Å². The van der Waals surface area contributed by atoms with E-state index in [-0.39, 0.29) is 11.9 Å². The number of nitrogens with zero attached hydrogens (tertiary/aromatic N) is 4. The number of nitriles is 1. The Morgan fingerprint density at radius 1 is 1.55 bits per heavy atom. The molecule has 1 aliphatic rings. The van der Waals surface area contributed by atoms with E-state index in [1.165, 1.54) is 0 Å². The first-order valence-corrected chi connectivity index (χ1v) is 8.09. The van der Waals surface area contributed by atoms with Crippen LogP contribution in [-0.2, 0) is 11.3 Å². The molecule has 1 saturated heterocycles. The van der Waals surface area contributed by atoms with Crippen LogP contribution in [0.5, 0.6) is 0 Å². The van der Waals surface area contributed by atoms with Crippen molar-refractivity contribution in [3.05, 3.63) is 12.3 Å². The van der Waals surface area contributed by atoms with E-state index in [9.17, 15) is 4.79 Å². The standard InChI is InChI=1S/C16H25N5O/c1-13(2)21-11-5-3-7-14(21)16(22)18-15-8-12-20(19-15)10-6-4-9-17/h8,12-14H,3-7,10-11H2,1-2H3,(H,18,19,22). The molecule has 22 heavy (non-hydrogen) atoms. The third-order valence-electron chi connectivity index (χ3n) is 4.08. The van der Waals surface area contributed by atoms with E-state index in [2.05, 4.69) is 35.2 Å². The molecule has 1 aliphatic heterocycles. The predicted molar refractivity (Wildman–Crippen MR) is 85.2 cm³/mol. The smallest absolute Gasteiger partial charge is 0.242 e. The number of carbonyl (C=O) groups excluding carboxylic acids is 1. The Hall–Kier alpha value is -1.87. The summed E-state index contributed by atoms with van der Waals surface area (Å²) in [5.41, 5.74) is 0. The molecular weight excluding hydrogens is 278 g/mol. The summed E-state index contributed by atoms with van der Waals surface area (Å²) < 4.78 is 1.77. The normalized spacial score (nSPS) is 19.1. The van der Waals surface area contributed by atoms with Gasteiger partial charge in [0.2, 0.25) is 5.91 Å². The molecule has 1 unspecified atom stereocenters. The van der Waals surface area contributed by atoms with Gasteiger partial charge in [-0.05, 0) is 39.7 Å². The average Bonchev–Trinajstić information content (AvgIpc) is 2.95. The molecule has 1 N–H and O–H groups in total. The zero-order chi connectivity index (χ0) is 15.9. The van der Waals surface area contributed by atoms with Crippen LogP contribution in [0.15, 0.2) is 12.3 Å². The van der Waals surface area contributed by atoms with Gasteiger partial charge < -0.3 is 5.32 Å². The summed E-state index contributed by atoms with van der Waals surface area (Å²) in [6.45, 7) is 5.95. The largest absolute Gasteiger partial charge is 0.308 e. The molecule has 0 radical (unpaired) electrons.